The van der Waals surface area contributed by atoms with Crippen LogP contribution in [0.3, 0.4) is 0 Å². The summed E-state index contributed by atoms with van der Waals surface area (Å²) in [5.41, 5.74) is 0.537. The number of thiazole rings is 1. The topological polar surface area (TPSA) is 90.7 Å². The normalized spacial score (nSPS) is 13.7. The van der Waals surface area contributed by atoms with E-state index in [-0.39, 0.29) is 11.6 Å². The molecule has 0 bridgehead atoms. The highest BCUT2D eigenvalue weighted by atomic mass is 32.1. The quantitative estimate of drug-likeness (QED) is 0.753. The monoisotopic (exact) mass is 226 g/mol. The van der Waals surface area contributed by atoms with Crippen molar-refractivity contribution in [3.05, 3.63) is 21.8 Å². The molecule has 78 valence electrons. The number of carboxylic acid groups (broad SMARTS) is 2. The SMILES string of the molecule is O=C(O)c1nc2c(s1)CN(C(=O)O)C=C2. The summed E-state index contributed by atoms with van der Waals surface area (Å²) >= 11 is 0.998. The fraction of sp³-hybridized carbons (Fsp3) is 0.125. The molecule has 0 radical (unpaired) electrons. The first-order chi connectivity index (χ1) is 7.08. The molecule has 1 aliphatic rings. The number of hydrogen-bond acceptors (Lipinski definition) is 4. The third kappa shape index (κ3) is 1.68. The van der Waals surface area contributed by atoms with Crippen LogP contribution < -0.4 is 0 Å². The molecule has 6 nitrogen and oxygen atoms in total. The number of amides is 1. The van der Waals surface area contributed by atoms with Crippen LogP contribution >= 0.6 is 11.3 Å². The van der Waals surface area contributed by atoms with Gasteiger partial charge in [0.15, 0.2) is 0 Å². The van der Waals surface area contributed by atoms with E-state index in [0.29, 0.717) is 10.6 Å². The van der Waals surface area contributed by atoms with E-state index in [4.69, 9.17) is 10.2 Å². The largest absolute Gasteiger partial charge is 0.476 e. The molecule has 2 N–H and O–H groups in total. The third-order valence-electron chi connectivity index (χ3n) is 1.88. The van der Waals surface area contributed by atoms with Crippen LogP contribution in [0.2, 0.25) is 0 Å². The number of aromatic carboxylic acids is 1. The number of carbonyl (C=O) groups is 2. The number of aromatic nitrogens is 1. The molecule has 0 atom stereocenters. The smallest absolute Gasteiger partial charge is 0.411 e. The van der Waals surface area contributed by atoms with Gasteiger partial charge in [0.05, 0.1) is 17.1 Å². The summed E-state index contributed by atoms with van der Waals surface area (Å²) in [5.74, 6) is -1.09. The molecule has 1 aromatic rings. The van der Waals surface area contributed by atoms with Crippen LogP contribution in [-0.2, 0) is 6.54 Å². The fourth-order valence-corrected chi connectivity index (χ4v) is 2.08. The molecule has 7 heteroatoms. The zero-order valence-corrected chi connectivity index (χ0v) is 8.19. The zero-order valence-electron chi connectivity index (χ0n) is 7.38. The highest BCUT2D eigenvalue weighted by molar-refractivity contribution is 7.13. The molecule has 0 fully saturated rings. The van der Waals surface area contributed by atoms with E-state index in [1.165, 1.54) is 12.3 Å². The van der Waals surface area contributed by atoms with Gasteiger partial charge in [0.2, 0.25) is 5.01 Å². The summed E-state index contributed by atoms with van der Waals surface area (Å²) in [4.78, 5) is 26.9. The Hall–Kier alpha value is -1.89. The molecule has 0 spiro atoms. The van der Waals surface area contributed by atoms with Gasteiger partial charge in [0.1, 0.15) is 0 Å². The van der Waals surface area contributed by atoms with E-state index in [1.807, 2.05) is 0 Å². The third-order valence-corrected chi connectivity index (χ3v) is 2.93. The minimum atomic E-state index is -1.09. The van der Waals surface area contributed by atoms with Gasteiger partial charge in [-0.3, -0.25) is 4.90 Å². The van der Waals surface area contributed by atoms with Crippen molar-refractivity contribution in [2.75, 3.05) is 0 Å². The molecule has 0 saturated heterocycles. The van der Waals surface area contributed by atoms with E-state index in [0.717, 1.165) is 16.2 Å². The molecule has 0 aliphatic carbocycles. The van der Waals surface area contributed by atoms with E-state index in [1.54, 1.807) is 0 Å². The van der Waals surface area contributed by atoms with Crippen LogP contribution in [0.15, 0.2) is 6.20 Å². The van der Waals surface area contributed by atoms with Crippen LogP contribution in [-0.4, -0.2) is 32.2 Å². The second kappa shape index (κ2) is 3.35. The Morgan fingerprint density at radius 1 is 1.47 bits per heavy atom. The van der Waals surface area contributed by atoms with Crippen molar-refractivity contribution in [2.45, 2.75) is 6.54 Å². The van der Waals surface area contributed by atoms with Crippen molar-refractivity contribution in [1.29, 1.82) is 0 Å². The summed E-state index contributed by atoms with van der Waals surface area (Å²) in [6.45, 7) is 0.159. The fourth-order valence-electron chi connectivity index (χ4n) is 1.20. The predicted octanol–water partition coefficient (Wildman–Crippen LogP) is 1.31. The van der Waals surface area contributed by atoms with Crippen LogP contribution in [0.1, 0.15) is 20.4 Å². The van der Waals surface area contributed by atoms with Crippen LogP contribution in [0, 0.1) is 0 Å². The molecular formula is C8H6N2O4S. The van der Waals surface area contributed by atoms with E-state index in [2.05, 4.69) is 4.98 Å². The molecule has 0 saturated carbocycles. The summed E-state index contributed by atoms with van der Waals surface area (Å²) in [5, 5.41) is 17.4. The van der Waals surface area contributed by atoms with Crippen molar-refractivity contribution < 1.29 is 19.8 Å². The Bertz CT molecular complexity index is 465. The average Bonchev–Trinajstić information content (AvgIpc) is 2.59. The molecular weight excluding hydrogens is 220 g/mol. The van der Waals surface area contributed by atoms with Gasteiger partial charge >= 0.3 is 12.1 Å². The lowest BCUT2D eigenvalue weighted by atomic mass is 10.3. The van der Waals surface area contributed by atoms with Crippen LogP contribution in [0.5, 0.6) is 0 Å². The summed E-state index contributed by atoms with van der Waals surface area (Å²) < 4.78 is 0. The highest BCUT2D eigenvalue weighted by Crippen LogP contribution is 2.25. The maximum Gasteiger partial charge on any atom is 0.411 e. The Labute approximate surface area is 88.1 Å². The van der Waals surface area contributed by atoms with Crippen molar-refractivity contribution >= 4 is 29.5 Å². The lowest BCUT2D eigenvalue weighted by Crippen LogP contribution is -2.24. The Balaban J connectivity index is 2.33. The predicted molar refractivity (Wildman–Crippen MR) is 51.7 cm³/mol. The second-order valence-electron chi connectivity index (χ2n) is 2.86. The molecule has 2 rings (SSSR count). The molecule has 1 aromatic heterocycles. The molecule has 1 amide bonds. The van der Waals surface area contributed by atoms with Gasteiger partial charge in [0.25, 0.3) is 0 Å². The standard InChI is InChI=1S/C8H6N2O4S/c11-7(12)6-9-4-1-2-10(8(13)14)3-5(4)15-6/h1-2H,3H2,(H,11,12)(H,13,14). The molecule has 0 unspecified atom stereocenters. The van der Waals surface area contributed by atoms with Crippen LogP contribution in [0.25, 0.3) is 6.08 Å². The van der Waals surface area contributed by atoms with Gasteiger partial charge in [-0.25, -0.2) is 14.6 Å². The average molecular weight is 226 g/mol. The van der Waals surface area contributed by atoms with E-state index < -0.39 is 12.1 Å². The molecule has 1 aliphatic heterocycles. The van der Waals surface area contributed by atoms with Crippen molar-refractivity contribution in [3.63, 3.8) is 0 Å². The molecule has 15 heavy (non-hydrogen) atoms. The van der Waals surface area contributed by atoms with Gasteiger partial charge < -0.3 is 10.2 Å². The number of carboxylic acids is 1. The first-order valence-electron chi connectivity index (χ1n) is 3.98. The number of hydrogen-bond donors (Lipinski definition) is 2. The Morgan fingerprint density at radius 2 is 2.20 bits per heavy atom. The van der Waals surface area contributed by atoms with Gasteiger partial charge in [-0.2, -0.15) is 0 Å². The number of fused-ring (bicyclic) bond motifs is 1. The Kier molecular flexibility index (Phi) is 2.16. The molecule has 2 heterocycles. The van der Waals surface area contributed by atoms with Gasteiger partial charge in [-0.1, -0.05) is 0 Å². The maximum absolute atomic E-state index is 10.6. The minimum absolute atomic E-state index is 0.0168. The van der Waals surface area contributed by atoms with Crippen LogP contribution in [0.4, 0.5) is 4.79 Å². The lowest BCUT2D eigenvalue weighted by molar-refractivity contribution is 0.0696. The second-order valence-corrected chi connectivity index (χ2v) is 3.94. The van der Waals surface area contributed by atoms with Crippen molar-refractivity contribution in [3.8, 4) is 0 Å². The first kappa shape index (κ1) is 9.66. The van der Waals surface area contributed by atoms with E-state index in [9.17, 15) is 9.59 Å². The van der Waals surface area contributed by atoms with E-state index >= 15 is 0 Å². The van der Waals surface area contributed by atoms with Gasteiger partial charge in [-0.15, -0.1) is 11.3 Å². The zero-order chi connectivity index (χ0) is 11.0. The minimum Gasteiger partial charge on any atom is -0.476 e. The van der Waals surface area contributed by atoms with Crippen molar-refractivity contribution in [2.24, 2.45) is 0 Å². The first-order valence-corrected chi connectivity index (χ1v) is 4.80. The Morgan fingerprint density at radius 3 is 2.80 bits per heavy atom. The number of rotatable bonds is 1. The van der Waals surface area contributed by atoms with Gasteiger partial charge in [-0.05, 0) is 6.08 Å². The molecule has 0 aromatic carbocycles. The van der Waals surface area contributed by atoms with Crippen molar-refractivity contribution in [1.82, 2.24) is 9.88 Å². The highest BCUT2D eigenvalue weighted by Gasteiger charge is 2.21. The van der Waals surface area contributed by atoms with Gasteiger partial charge in [0, 0.05) is 6.20 Å². The lowest BCUT2D eigenvalue weighted by Gasteiger charge is -2.16. The summed E-state index contributed by atoms with van der Waals surface area (Å²) in [6.07, 6.45) is 1.80. The summed E-state index contributed by atoms with van der Waals surface area (Å²) in [7, 11) is 0. The number of nitrogens with zero attached hydrogens (tertiary/aromatic N) is 2. The maximum atomic E-state index is 10.6. The summed E-state index contributed by atoms with van der Waals surface area (Å²) in [6, 6.07) is 0.